The number of thiazole rings is 1. The Balaban J connectivity index is 0.00000169. The Morgan fingerprint density at radius 2 is 1.89 bits per heavy atom. The number of halogens is 1. The van der Waals surface area contributed by atoms with Gasteiger partial charge in [-0.25, -0.2) is 4.98 Å². The number of carboxylic acid groups (broad SMARTS) is 1. The van der Waals surface area contributed by atoms with Gasteiger partial charge in [0.05, 0.1) is 59.5 Å². The van der Waals surface area contributed by atoms with Crippen LogP contribution in [0, 0.1) is 12.8 Å². The number of aromatic nitrogens is 5. The standard InChI is InChI=1S/C31H35ClN10O8S2.CO2.2Na/c1-14(30(48)49)50-37-23(19-13-52-31(33)34-19)21(44)10-18-28(47)41-24(26-35-38-39-36-26)15(12-51-29(18)41)11-42(2,3)16-6-8-40(9-7-16)27(46)17-4-5-20(43)25(45)22(17)32;2-1-3;;/h4-5,13-14,16,18,29H,1,6-12H2,2-3H3,(H6,33,34,35,36,37,38,39,43,44,45,46,48,49);;;/q;;2*+1/p-2/t14-,18+,29+;;;/m0.../s1. The van der Waals surface area contributed by atoms with Gasteiger partial charge in [-0.15, -0.1) is 23.1 Å². The molecular formula is C32H33ClN10Na2O10S2. The number of likely N-dealkylation sites (tertiary alicyclic amines) is 1. The number of nitrogen functional groups attached to an aromatic ring is 1. The van der Waals surface area contributed by atoms with E-state index in [-0.39, 0.29) is 122 Å². The number of carboxylic acids is 1. The molecule has 3 atom stereocenters. The van der Waals surface area contributed by atoms with Gasteiger partial charge in [-0.05, 0) is 12.1 Å². The molecule has 4 N–H and O–H groups in total. The number of ketones is 1. The minimum atomic E-state index is -1.69. The Morgan fingerprint density at radius 3 is 2.47 bits per heavy atom. The van der Waals surface area contributed by atoms with Crippen molar-refractivity contribution in [3.05, 3.63) is 52.1 Å². The minimum Gasteiger partial charge on any atom is -0.549 e. The predicted octanol–water partition coefficient (Wildman–Crippen LogP) is -6.69. The number of oxime groups is 1. The van der Waals surface area contributed by atoms with Gasteiger partial charge in [-0.3, -0.25) is 36.5 Å². The molecule has 2 amide bonds. The molecule has 0 aliphatic carbocycles. The summed E-state index contributed by atoms with van der Waals surface area (Å²) in [5.74, 6) is -3.95. The van der Waals surface area contributed by atoms with Crippen LogP contribution < -0.4 is 75.1 Å². The number of phenolic OH excluding ortho intramolecular Hbond substituents is 2. The van der Waals surface area contributed by atoms with Gasteiger partial charge in [0.15, 0.2) is 28.1 Å². The van der Waals surface area contributed by atoms with Crippen molar-refractivity contribution in [1.29, 1.82) is 0 Å². The average Bonchev–Trinajstić information content (AvgIpc) is 3.85. The second kappa shape index (κ2) is 20.5. The fraction of sp³-hybridized carbons (Fsp3) is 0.406. The number of carbonyl (C=O) groups excluding carboxylic acids is 6. The number of tetrazole rings is 1. The number of quaternary nitrogens is 1. The van der Waals surface area contributed by atoms with Crippen molar-refractivity contribution in [1.82, 2.24) is 35.4 Å². The van der Waals surface area contributed by atoms with E-state index in [1.165, 1.54) is 29.3 Å². The number of rotatable bonds is 12. The van der Waals surface area contributed by atoms with E-state index >= 15 is 0 Å². The number of nitrogens with zero attached hydrogens (tertiary/aromatic N) is 9. The van der Waals surface area contributed by atoms with E-state index in [1.54, 1.807) is 9.80 Å². The van der Waals surface area contributed by atoms with Gasteiger partial charge in [0.25, 0.3) is 5.91 Å². The number of thioether (sulfide) groups is 1. The van der Waals surface area contributed by atoms with E-state index in [2.05, 4.69) is 51.8 Å². The first-order valence-corrected chi connectivity index (χ1v) is 18.6. The fourth-order valence-corrected chi connectivity index (χ4v) is 8.75. The summed E-state index contributed by atoms with van der Waals surface area (Å²) in [6.45, 7) is 4.67. The van der Waals surface area contributed by atoms with Crippen LogP contribution in [-0.4, -0.2) is 137 Å². The van der Waals surface area contributed by atoms with Crippen molar-refractivity contribution in [2.24, 2.45) is 11.1 Å². The topological polar surface area (TPSA) is 286 Å². The molecule has 0 unspecified atom stereocenters. The van der Waals surface area contributed by atoms with Gasteiger partial charge in [-0.2, -0.15) is 14.8 Å². The van der Waals surface area contributed by atoms with Crippen LogP contribution in [0.5, 0.6) is 11.5 Å². The zero-order chi connectivity index (χ0) is 40.2. The molecule has 3 aliphatic rings. The van der Waals surface area contributed by atoms with Gasteiger partial charge < -0.3 is 45.2 Å². The molecule has 0 spiro atoms. The third kappa shape index (κ3) is 10.6. The summed E-state index contributed by atoms with van der Waals surface area (Å²) in [7, 11) is 4.15. The van der Waals surface area contributed by atoms with Crippen molar-refractivity contribution in [2.75, 3.05) is 45.2 Å². The van der Waals surface area contributed by atoms with Crippen molar-refractivity contribution >= 4 is 81.0 Å². The maximum Gasteiger partial charge on any atom is 1.00 e. The molecule has 57 heavy (non-hydrogen) atoms. The number of hydrogen-bond acceptors (Lipinski definition) is 18. The third-order valence-corrected chi connectivity index (χ3v) is 11.8. The van der Waals surface area contributed by atoms with Gasteiger partial charge >= 0.3 is 65.3 Å². The Bertz CT molecular complexity index is 2070. The van der Waals surface area contributed by atoms with Crippen LogP contribution in [0.3, 0.4) is 0 Å². The van der Waals surface area contributed by atoms with E-state index in [4.69, 9.17) is 31.8 Å². The second-order valence-corrected chi connectivity index (χ2v) is 15.4. The van der Waals surface area contributed by atoms with Crippen LogP contribution in [0.2, 0.25) is 5.02 Å². The molecule has 3 aromatic rings. The summed E-state index contributed by atoms with van der Waals surface area (Å²) in [5, 5.41) is 50.9. The molecule has 20 nitrogen and oxygen atoms in total. The first kappa shape index (κ1) is 48.0. The zero-order valence-corrected chi connectivity index (χ0v) is 37.5. The molecule has 25 heteroatoms. The van der Waals surface area contributed by atoms with Gasteiger partial charge in [-0.1, -0.05) is 16.8 Å². The zero-order valence-electron chi connectivity index (χ0n) is 31.2. The number of piperidine rings is 1. The summed E-state index contributed by atoms with van der Waals surface area (Å²) in [6.07, 6.45) is -0.381. The number of likely N-dealkylation sites (N-methyl/N-ethyl adjacent to an activating group) is 1. The summed E-state index contributed by atoms with van der Waals surface area (Å²) in [6, 6.07) is 2.75. The molecule has 2 saturated heterocycles. The minimum absolute atomic E-state index is 0. The van der Waals surface area contributed by atoms with Crippen LogP contribution in [0.4, 0.5) is 5.13 Å². The molecule has 3 aliphatic heterocycles. The summed E-state index contributed by atoms with van der Waals surface area (Å²) >= 11 is 8.68. The van der Waals surface area contributed by atoms with Crippen LogP contribution in [0.25, 0.3) is 5.70 Å². The Morgan fingerprint density at radius 1 is 1.23 bits per heavy atom. The SMILES string of the molecule is O=C=O.[CH2-][C@H](O/N=C(\C(=O)C[C@@H]1C(=O)N2C(c3nnn[n-]3)=C(C[N+](C)(C)C3CCN(C(=O)c4ccc(O)c(O)c4Cl)CC3)CS[C@H]12)c1csc(N)n1)C(=O)[O-].[Na+].[Na+]. The van der Waals surface area contributed by atoms with E-state index < -0.39 is 40.6 Å². The number of aromatic hydroxyl groups is 2. The number of amides is 2. The molecule has 0 radical (unpaired) electrons. The molecule has 2 fully saturated rings. The Hall–Kier alpha value is -3.41. The molecule has 6 rings (SSSR count). The fourth-order valence-electron chi connectivity index (χ4n) is 6.56. The van der Waals surface area contributed by atoms with Gasteiger partial charge in [0.2, 0.25) is 5.91 Å². The largest absolute Gasteiger partial charge is 1.00 e. The number of anilines is 1. The molecule has 0 saturated carbocycles. The van der Waals surface area contributed by atoms with Crippen LogP contribution >= 0.6 is 34.7 Å². The molecule has 2 aromatic heterocycles. The number of fused-ring (bicyclic) bond motifs is 1. The summed E-state index contributed by atoms with van der Waals surface area (Å²) < 4.78 is 0.522. The second-order valence-electron chi connectivity index (χ2n) is 13.1. The number of phenols is 2. The van der Waals surface area contributed by atoms with Crippen LogP contribution in [0.15, 0.2) is 28.2 Å². The van der Waals surface area contributed by atoms with Crippen LogP contribution in [0.1, 0.15) is 41.1 Å². The smallest absolute Gasteiger partial charge is 0.549 e. The average molecular weight is 863 g/mol. The number of hydrogen-bond donors (Lipinski definition) is 3. The van der Waals surface area contributed by atoms with E-state index in [0.717, 1.165) is 16.9 Å². The predicted molar refractivity (Wildman–Crippen MR) is 190 cm³/mol. The molecule has 292 valence electrons. The number of benzene rings is 1. The summed E-state index contributed by atoms with van der Waals surface area (Å²) in [5.41, 5.74) is 7.01. The Kier molecular flexibility index (Phi) is 17.3. The number of β-lactam (4-membered cyclic amide) rings is 1. The molecule has 1 aromatic carbocycles. The van der Waals surface area contributed by atoms with Gasteiger partial charge in [0.1, 0.15) is 12.2 Å². The number of nitrogens with two attached hydrogens (primary N) is 1. The maximum atomic E-state index is 13.8. The van der Waals surface area contributed by atoms with E-state index in [1.807, 2.05) is 0 Å². The number of carbonyl (C=O) groups is 4. The Labute approximate surface area is 382 Å². The monoisotopic (exact) mass is 862 g/mol. The number of aliphatic carboxylic acids is 1. The van der Waals surface area contributed by atoms with Crippen molar-refractivity contribution in [3.8, 4) is 11.5 Å². The van der Waals surface area contributed by atoms with Crippen molar-refractivity contribution < 1.29 is 113 Å². The number of Topliss-reactive ketones (excluding diaryl/α,β-unsaturated/α-hetero) is 1. The third-order valence-electron chi connectivity index (χ3n) is 9.32. The van der Waals surface area contributed by atoms with E-state index in [9.17, 15) is 34.5 Å². The first-order valence-electron chi connectivity index (χ1n) is 16.3. The van der Waals surface area contributed by atoms with Crippen LogP contribution in [-0.2, 0) is 28.8 Å². The van der Waals surface area contributed by atoms with E-state index in [0.29, 0.717) is 48.4 Å². The summed E-state index contributed by atoms with van der Waals surface area (Å²) in [4.78, 5) is 80.1. The first-order chi connectivity index (χ1) is 26.1. The van der Waals surface area contributed by atoms with Crippen molar-refractivity contribution in [3.63, 3.8) is 0 Å². The molecule has 0 bridgehead atoms. The quantitative estimate of drug-likeness (QED) is 0.0290. The maximum absolute atomic E-state index is 13.8. The van der Waals surface area contributed by atoms with Gasteiger partial charge in [0, 0.05) is 55.2 Å². The normalized spacial score (nSPS) is 18.7. The molecule has 5 heterocycles. The van der Waals surface area contributed by atoms with Crippen molar-refractivity contribution in [2.45, 2.75) is 36.8 Å². The molecular weight excluding hydrogens is 830 g/mol.